The number of hydrogen-bond acceptors (Lipinski definition) is 4. The summed E-state index contributed by atoms with van der Waals surface area (Å²) in [5, 5.41) is 0. The lowest BCUT2D eigenvalue weighted by Gasteiger charge is -2.09. The number of methoxy groups -OCH3 is 2. The SMILES string of the molecule is COc1ccc(-c2nc(C)[nH]c2CN)cc1OC. The normalized spacial score (nSPS) is 10.4. The van der Waals surface area contributed by atoms with Gasteiger partial charge in [0.25, 0.3) is 0 Å². The summed E-state index contributed by atoms with van der Waals surface area (Å²) in [6, 6.07) is 5.70. The van der Waals surface area contributed by atoms with Crippen molar-refractivity contribution in [1.82, 2.24) is 9.97 Å². The maximum Gasteiger partial charge on any atom is 0.161 e. The Morgan fingerprint density at radius 1 is 1.22 bits per heavy atom. The number of nitrogens with two attached hydrogens (primary N) is 1. The maximum absolute atomic E-state index is 5.70. The van der Waals surface area contributed by atoms with E-state index in [1.165, 1.54) is 0 Å². The molecular formula is C13H17N3O2. The Bertz CT molecular complexity index is 549. The molecule has 96 valence electrons. The average molecular weight is 247 g/mol. The third-order valence-electron chi connectivity index (χ3n) is 2.76. The van der Waals surface area contributed by atoms with Crippen LogP contribution in [-0.4, -0.2) is 24.2 Å². The molecule has 2 aromatic rings. The van der Waals surface area contributed by atoms with E-state index in [1.54, 1.807) is 14.2 Å². The number of aromatic amines is 1. The van der Waals surface area contributed by atoms with Crippen molar-refractivity contribution in [2.24, 2.45) is 5.73 Å². The Labute approximate surface area is 106 Å². The van der Waals surface area contributed by atoms with Crippen LogP contribution in [0, 0.1) is 6.92 Å². The summed E-state index contributed by atoms with van der Waals surface area (Å²) in [5.41, 5.74) is 8.43. The molecule has 0 bridgehead atoms. The quantitative estimate of drug-likeness (QED) is 0.865. The zero-order valence-electron chi connectivity index (χ0n) is 10.8. The first kappa shape index (κ1) is 12.4. The van der Waals surface area contributed by atoms with Crippen LogP contribution in [0.2, 0.25) is 0 Å². The molecule has 1 heterocycles. The fraction of sp³-hybridized carbons (Fsp3) is 0.308. The van der Waals surface area contributed by atoms with Crippen molar-refractivity contribution in [3.05, 3.63) is 29.7 Å². The van der Waals surface area contributed by atoms with Crippen LogP contribution in [0.5, 0.6) is 11.5 Å². The van der Waals surface area contributed by atoms with E-state index in [0.717, 1.165) is 22.8 Å². The fourth-order valence-corrected chi connectivity index (χ4v) is 1.91. The maximum atomic E-state index is 5.70. The van der Waals surface area contributed by atoms with E-state index in [4.69, 9.17) is 15.2 Å². The highest BCUT2D eigenvalue weighted by atomic mass is 16.5. The standard InChI is InChI=1S/C13H17N3O2/c1-8-15-10(7-14)13(16-8)9-4-5-11(17-2)12(6-9)18-3/h4-6H,7,14H2,1-3H3,(H,15,16). The van der Waals surface area contributed by atoms with Gasteiger partial charge in [-0.05, 0) is 25.1 Å². The summed E-state index contributed by atoms with van der Waals surface area (Å²) in [4.78, 5) is 7.60. The molecule has 0 unspecified atom stereocenters. The lowest BCUT2D eigenvalue weighted by molar-refractivity contribution is 0.355. The average Bonchev–Trinajstić information content (AvgIpc) is 2.79. The van der Waals surface area contributed by atoms with Crippen LogP contribution in [0.1, 0.15) is 11.5 Å². The van der Waals surface area contributed by atoms with Gasteiger partial charge < -0.3 is 20.2 Å². The van der Waals surface area contributed by atoms with Gasteiger partial charge in [0.05, 0.1) is 25.6 Å². The van der Waals surface area contributed by atoms with Gasteiger partial charge >= 0.3 is 0 Å². The molecule has 0 amide bonds. The number of nitrogens with zero attached hydrogens (tertiary/aromatic N) is 1. The molecule has 5 heteroatoms. The second-order valence-electron chi connectivity index (χ2n) is 3.92. The van der Waals surface area contributed by atoms with Crippen LogP contribution in [0.4, 0.5) is 0 Å². The summed E-state index contributed by atoms with van der Waals surface area (Å²) in [7, 11) is 3.23. The number of nitrogens with one attached hydrogen (secondary N) is 1. The summed E-state index contributed by atoms with van der Waals surface area (Å²) in [6.45, 7) is 2.33. The lowest BCUT2D eigenvalue weighted by atomic mass is 10.1. The second kappa shape index (κ2) is 5.10. The predicted octanol–water partition coefficient (Wildman–Crippen LogP) is 1.86. The third-order valence-corrected chi connectivity index (χ3v) is 2.76. The number of imidazole rings is 1. The van der Waals surface area contributed by atoms with Crippen molar-refractivity contribution in [1.29, 1.82) is 0 Å². The van der Waals surface area contributed by atoms with Crippen molar-refractivity contribution in [2.75, 3.05) is 14.2 Å². The second-order valence-corrected chi connectivity index (χ2v) is 3.92. The highest BCUT2D eigenvalue weighted by Gasteiger charge is 2.12. The largest absolute Gasteiger partial charge is 0.493 e. The molecule has 1 aromatic heterocycles. The monoisotopic (exact) mass is 247 g/mol. The van der Waals surface area contributed by atoms with E-state index in [1.807, 2.05) is 25.1 Å². The predicted molar refractivity (Wildman–Crippen MR) is 69.8 cm³/mol. The van der Waals surface area contributed by atoms with E-state index in [2.05, 4.69) is 9.97 Å². The molecule has 0 atom stereocenters. The van der Waals surface area contributed by atoms with Crippen molar-refractivity contribution in [3.8, 4) is 22.8 Å². The van der Waals surface area contributed by atoms with Gasteiger partial charge in [-0.2, -0.15) is 0 Å². The van der Waals surface area contributed by atoms with Crippen LogP contribution in [0.15, 0.2) is 18.2 Å². The molecule has 18 heavy (non-hydrogen) atoms. The lowest BCUT2D eigenvalue weighted by Crippen LogP contribution is -1.99. The highest BCUT2D eigenvalue weighted by molar-refractivity contribution is 5.66. The van der Waals surface area contributed by atoms with Crippen LogP contribution in [0.3, 0.4) is 0 Å². The molecular weight excluding hydrogens is 230 g/mol. The Kier molecular flexibility index (Phi) is 3.53. The third kappa shape index (κ3) is 2.17. The number of benzene rings is 1. The Hall–Kier alpha value is -2.01. The summed E-state index contributed by atoms with van der Waals surface area (Å²) in [5.74, 6) is 2.22. The van der Waals surface area contributed by atoms with Crippen molar-refractivity contribution in [3.63, 3.8) is 0 Å². The zero-order chi connectivity index (χ0) is 13.1. The summed E-state index contributed by atoms with van der Waals surface area (Å²) < 4.78 is 10.5. The molecule has 2 rings (SSSR count). The van der Waals surface area contributed by atoms with Gasteiger partial charge in [-0.15, -0.1) is 0 Å². The first-order chi connectivity index (χ1) is 8.69. The van der Waals surface area contributed by atoms with E-state index in [-0.39, 0.29) is 0 Å². The molecule has 0 aliphatic rings. The molecule has 5 nitrogen and oxygen atoms in total. The first-order valence-corrected chi connectivity index (χ1v) is 5.67. The molecule has 0 fully saturated rings. The number of hydrogen-bond donors (Lipinski definition) is 2. The van der Waals surface area contributed by atoms with E-state index < -0.39 is 0 Å². The molecule has 1 aromatic carbocycles. The minimum atomic E-state index is 0.421. The minimum Gasteiger partial charge on any atom is -0.493 e. The number of aryl methyl sites for hydroxylation is 1. The Balaban J connectivity index is 2.50. The van der Waals surface area contributed by atoms with Crippen LogP contribution < -0.4 is 15.2 Å². The van der Waals surface area contributed by atoms with Crippen LogP contribution >= 0.6 is 0 Å². The van der Waals surface area contributed by atoms with E-state index in [0.29, 0.717) is 18.0 Å². The first-order valence-electron chi connectivity index (χ1n) is 5.67. The van der Waals surface area contributed by atoms with Gasteiger partial charge in [0.2, 0.25) is 0 Å². The van der Waals surface area contributed by atoms with Gasteiger partial charge in [0, 0.05) is 12.1 Å². The van der Waals surface area contributed by atoms with Crippen molar-refractivity contribution >= 4 is 0 Å². The molecule has 0 saturated carbocycles. The molecule has 0 aliphatic carbocycles. The van der Waals surface area contributed by atoms with Crippen molar-refractivity contribution < 1.29 is 9.47 Å². The van der Waals surface area contributed by atoms with Crippen LogP contribution in [-0.2, 0) is 6.54 Å². The molecule has 0 aliphatic heterocycles. The number of H-pyrrole nitrogens is 1. The number of rotatable bonds is 4. The van der Waals surface area contributed by atoms with Gasteiger partial charge in [0.1, 0.15) is 5.82 Å². The molecule has 0 radical (unpaired) electrons. The zero-order valence-corrected chi connectivity index (χ0v) is 10.8. The molecule has 3 N–H and O–H groups in total. The topological polar surface area (TPSA) is 73.2 Å². The van der Waals surface area contributed by atoms with Gasteiger partial charge in [-0.25, -0.2) is 4.98 Å². The summed E-state index contributed by atoms with van der Waals surface area (Å²) in [6.07, 6.45) is 0. The Morgan fingerprint density at radius 2 is 1.94 bits per heavy atom. The highest BCUT2D eigenvalue weighted by Crippen LogP contribution is 2.32. The fourth-order valence-electron chi connectivity index (χ4n) is 1.91. The van der Waals surface area contributed by atoms with Gasteiger partial charge in [-0.3, -0.25) is 0 Å². The Morgan fingerprint density at radius 3 is 2.56 bits per heavy atom. The van der Waals surface area contributed by atoms with Gasteiger partial charge in [-0.1, -0.05) is 0 Å². The van der Waals surface area contributed by atoms with E-state index in [9.17, 15) is 0 Å². The van der Waals surface area contributed by atoms with E-state index >= 15 is 0 Å². The minimum absolute atomic E-state index is 0.421. The smallest absolute Gasteiger partial charge is 0.161 e. The van der Waals surface area contributed by atoms with Gasteiger partial charge in [0.15, 0.2) is 11.5 Å². The number of aromatic nitrogens is 2. The van der Waals surface area contributed by atoms with Crippen molar-refractivity contribution in [2.45, 2.75) is 13.5 Å². The summed E-state index contributed by atoms with van der Waals surface area (Å²) >= 11 is 0. The number of ether oxygens (including phenoxy) is 2. The molecule has 0 spiro atoms. The van der Waals surface area contributed by atoms with Crippen LogP contribution in [0.25, 0.3) is 11.3 Å². The molecule has 0 saturated heterocycles.